The summed E-state index contributed by atoms with van der Waals surface area (Å²) in [7, 11) is -2.82. The van der Waals surface area contributed by atoms with E-state index in [1.807, 2.05) is 42.1 Å². The number of urea groups is 1. The van der Waals surface area contributed by atoms with E-state index < -0.39 is 69.2 Å². The number of likely N-dealkylation sites (tertiary alicyclic amines) is 1. The number of carbonyl (C=O) groups excluding carboxylic acids is 7. The minimum absolute atomic E-state index is 0.00982. The molecule has 22 heteroatoms. The number of hydrogen-bond acceptors (Lipinski definition) is 13. The molecule has 1 aromatic heterocycles. The number of unbranched alkanes of at least 4 members (excludes halogenated alkanes) is 3. The number of thioether (sulfide) groups is 1. The number of nitrogens with one attached hydrogen (secondary N) is 7. The summed E-state index contributed by atoms with van der Waals surface area (Å²) in [5, 5.41) is 17.9. The molecule has 7 N–H and O–H groups in total. The third kappa shape index (κ3) is 13.8. The number of carbonyl (C=O) groups is 7. The third-order valence-electron chi connectivity index (χ3n) is 14.3. The fourth-order valence-corrected chi connectivity index (χ4v) is 12.6. The van der Waals surface area contributed by atoms with E-state index in [2.05, 4.69) is 49.8 Å². The van der Waals surface area contributed by atoms with E-state index in [-0.39, 0.29) is 61.3 Å². The van der Waals surface area contributed by atoms with Crippen LogP contribution in [0, 0.1) is 5.92 Å². The van der Waals surface area contributed by atoms with Gasteiger partial charge in [0.1, 0.15) is 35.2 Å². The molecule has 77 heavy (non-hydrogen) atoms. The van der Waals surface area contributed by atoms with Gasteiger partial charge in [-0.3, -0.25) is 28.8 Å². The van der Waals surface area contributed by atoms with E-state index in [0.717, 1.165) is 36.7 Å². The molecule has 0 radical (unpaired) electrons. The largest absolute Gasteiger partial charge is 0.497 e. The fourth-order valence-electron chi connectivity index (χ4n) is 10.0. The first-order chi connectivity index (χ1) is 37.1. The van der Waals surface area contributed by atoms with Gasteiger partial charge in [-0.2, -0.15) is 11.8 Å². The number of hydrogen-bond donors (Lipinski definition) is 7. The lowest BCUT2D eigenvalue weighted by molar-refractivity contribution is -0.142. The summed E-state index contributed by atoms with van der Waals surface area (Å²) in [5.41, 5.74) is 0.188. The number of fused-ring (bicyclic) bond motifs is 2. The van der Waals surface area contributed by atoms with Gasteiger partial charge in [0.15, 0.2) is 0 Å². The lowest BCUT2D eigenvalue weighted by atomic mass is 10.0. The Morgan fingerprint density at radius 2 is 1.65 bits per heavy atom. The van der Waals surface area contributed by atoms with Gasteiger partial charge >= 0.3 is 6.03 Å². The molecule has 3 aliphatic heterocycles. The molecule has 8 rings (SSSR count). The highest BCUT2D eigenvalue weighted by Gasteiger charge is 2.61. The number of sulfonamides is 1. The van der Waals surface area contributed by atoms with Crippen LogP contribution in [-0.2, 0) is 38.8 Å². The van der Waals surface area contributed by atoms with Gasteiger partial charge in [0.05, 0.1) is 41.8 Å². The summed E-state index contributed by atoms with van der Waals surface area (Å²) in [6, 6.07) is 21.3. The van der Waals surface area contributed by atoms with Crippen LogP contribution in [0.3, 0.4) is 0 Å². The Kier molecular flexibility index (Phi) is 18.2. The second-order valence-electron chi connectivity index (χ2n) is 19.6. The lowest BCUT2D eigenvalue weighted by Gasteiger charge is -2.30. The number of amides is 8. The molecule has 408 valence electrons. The highest BCUT2D eigenvalue weighted by Crippen LogP contribution is 2.45. The van der Waals surface area contributed by atoms with Crippen molar-refractivity contribution in [3.63, 3.8) is 0 Å². The van der Waals surface area contributed by atoms with Crippen molar-refractivity contribution in [2.45, 2.75) is 110 Å². The number of rotatable bonds is 26. The molecule has 8 atom stereocenters. The van der Waals surface area contributed by atoms with Gasteiger partial charge in [-0.25, -0.2) is 22.9 Å². The van der Waals surface area contributed by atoms with Gasteiger partial charge in [-0.05, 0) is 62.4 Å². The first-order valence-electron chi connectivity index (χ1n) is 25.8. The second-order valence-corrected chi connectivity index (χ2v) is 22.5. The van der Waals surface area contributed by atoms with Gasteiger partial charge in [-0.15, -0.1) is 6.58 Å². The summed E-state index contributed by atoms with van der Waals surface area (Å²) < 4.78 is 41.0. The zero-order valence-corrected chi connectivity index (χ0v) is 44.4. The number of methoxy groups -OCH3 is 1. The van der Waals surface area contributed by atoms with Gasteiger partial charge in [0, 0.05) is 72.4 Å². The topological polar surface area (TPSA) is 272 Å². The van der Waals surface area contributed by atoms with Crippen molar-refractivity contribution in [2.75, 3.05) is 32.5 Å². The van der Waals surface area contributed by atoms with Crippen molar-refractivity contribution in [2.24, 2.45) is 5.92 Å². The molecule has 8 amide bonds. The van der Waals surface area contributed by atoms with Crippen molar-refractivity contribution in [1.82, 2.24) is 46.5 Å². The van der Waals surface area contributed by atoms with Crippen LogP contribution in [0.15, 0.2) is 115 Å². The van der Waals surface area contributed by atoms with Crippen molar-refractivity contribution in [3.8, 4) is 22.8 Å². The van der Waals surface area contributed by atoms with Crippen LogP contribution < -0.4 is 46.1 Å². The van der Waals surface area contributed by atoms with E-state index in [0.29, 0.717) is 65.6 Å². The normalized spacial score (nSPS) is 22.6. The molecule has 1 aliphatic carbocycles. The average Bonchev–Trinajstić information content (AvgIpc) is 3.82. The Labute approximate surface area is 451 Å². The molecule has 3 aromatic carbocycles. The lowest BCUT2D eigenvalue weighted by Crippen LogP contribution is -2.59. The first kappa shape index (κ1) is 55.8. The van der Waals surface area contributed by atoms with Crippen LogP contribution in [0.5, 0.6) is 11.5 Å². The van der Waals surface area contributed by atoms with E-state index in [1.54, 1.807) is 37.4 Å². The predicted octanol–water partition coefficient (Wildman–Crippen LogP) is 4.01. The Morgan fingerprint density at radius 3 is 2.38 bits per heavy atom. The Bertz CT molecular complexity index is 2990. The number of benzene rings is 3. The molecule has 4 fully saturated rings. The zero-order valence-electron chi connectivity index (χ0n) is 42.8. The SMILES string of the molecule is C=CC(=O)NC[C@H](NC(=O)CCCCCNC(=O)CCCC[C@@H]1SC[C@@H]2NC(=O)N[C@@H]21)C(=O)N1C[C@H](Oc2cc(-c3ccccc3)nc3cc(OC)ccc23)C[C@H]1C(=O)N[C@]1(C(=O)NS(=O)(=O)c2ccccc2)C[C@H]1C=C. The van der Waals surface area contributed by atoms with Crippen LogP contribution >= 0.6 is 11.8 Å². The predicted molar refractivity (Wildman–Crippen MR) is 290 cm³/mol. The van der Waals surface area contributed by atoms with Crippen molar-refractivity contribution in [3.05, 3.63) is 110 Å². The van der Waals surface area contributed by atoms with Crippen LogP contribution in [0.2, 0.25) is 0 Å². The number of pyridine rings is 1. The monoisotopic (exact) mass is 1090 g/mol. The number of aromatic nitrogens is 1. The molecule has 1 saturated carbocycles. The maximum atomic E-state index is 14.9. The number of nitrogens with zero attached hydrogens (tertiary/aromatic N) is 2. The number of ether oxygens (including phenoxy) is 2. The first-order valence-corrected chi connectivity index (χ1v) is 28.4. The molecule has 4 aromatic rings. The van der Waals surface area contributed by atoms with Crippen LogP contribution in [0.4, 0.5) is 4.79 Å². The Morgan fingerprint density at radius 1 is 0.909 bits per heavy atom. The van der Waals surface area contributed by atoms with Crippen LogP contribution in [-0.4, -0.2) is 133 Å². The zero-order chi connectivity index (χ0) is 54.7. The molecule has 0 bridgehead atoms. The van der Waals surface area contributed by atoms with Gasteiger partial charge in [0.25, 0.3) is 15.9 Å². The van der Waals surface area contributed by atoms with E-state index in [1.165, 1.54) is 35.2 Å². The minimum Gasteiger partial charge on any atom is -0.497 e. The van der Waals surface area contributed by atoms with Gasteiger partial charge < -0.3 is 46.3 Å². The second kappa shape index (κ2) is 25.1. The highest BCUT2D eigenvalue weighted by molar-refractivity contribution is 8.00. The Balaban J connectivity index is 0.946. The average molecular weight is 1090 g/mol. The van der Waals surface area contributed by atoms with Crippen molar-refractivity contribution >= 4 is 74.2 Å². The van der Waals surface area contributed by atoms with Gasteiger partial charge in [0.2, 0.25) is 29.5 Å². The molecule has 4 aliphatic rings. The van der Waals surface area contributed by atoms with E-state index >= 15 is 0 Å². The van der Waals surface area contributed by atoms with Crippen LogP contribution in [0.25, 0.3) is 22.2 Å². The highest BCUT2D eigenvalue weighted by atomic mass is 32.2. The third-order valence-corrected chi connectivity index (χ3v) is 17.2. The fraction of sp³-hybridized carbons (Fsp3) is 0.418. The van der Waals surface area contributed by atoms with E-state index in [9.17, 15) is 42.0 Å². The van der Waals surface area contributed by atoms with Gasteiger partial charge in [-0.1, -0.05) is 74.0 Å². The molecule has 3 saturated heterocycles. The summed E-state index contributed by atoms with van der Waals surface area (Å²) in [5.74, 6) is -2.51. The summed E-state index contributed by atoms with van der Waals surface area (Å²) >= 11 is 1.84. The smallest absolute Gasteiger partial charge is 0.315 e. The summed E-state index contributed by atoms with van der Waals surface area (Å²) in [6.07, 6.45) is 6.05. The van der Waals surface area contributed by atoms with Crippen molar-refractivity contribution in [1.29, 1.82) is 0 Å². The molecule has 20 nitrogen and oxygen atoms in total. The maximum absolute atomic E-state index is 14.9. The van der Waals surface area contributed by atoms with Crippen molar-refractivity contribution < 1.29 is 51.5 Å². The Hall–Kier alpha value is -7.46. The maximum Gasteiger partial charge on any atom is 0.315 e. The quantitative estimate of drug-likeness (QED) is 0.0203. The molecular formula is C55H65N9O11S2. The van der Waals surface area contributed by atoms with E-state index in [4.69, 9.17) is 14.5 Å². The minimum atomic E-state index is -4.36. The standard InChI is InChI=1S/C55H65N9O11S2/c1-4-35-30-55(35,53(70)63-77(72,73)38-19-11-7-12-20-38)62-51(68)44-28-37(75-45-29-40(34-17-9-6-10-18-34)58-41-27-36(74-3)24-25-39(41)45)32-64(44)52(69)42(31-57-47(65)5-2)59-49(67)23-13-8-16-26-56-48(66)22-15-14-21-46-50-43(33-76-46)60-54(71)61-50/h4-7,9-12,17-20,24-25,27,29,35,37,42-44,46,50H,1-2,8,13-16,21-23,26,28,30-33H2,3H3,(H,56,66)(H,57,65)(H,59,67)(H,62,68)(H,63,70)(H2,60,61,71)/t35-,37-,42+,43+,44+,46+,50+,55-/m1/s1. The summed E-state index contributed by atoms with van der Waals surface area (Å²) in [4.78, 5) is 100. The molecular weight excluding hydrogens is 1030 g/mol. The molecule has 0 unspecified atom stereocenters. The molecule has 4 heterocycles. The van der Waals surface area contributed by atoms with Crippen LogP contribution in [0.1, 0.15) is 64.2 Å². The molecule has 0 spiro atoms. The summed E-state index contributed by atoms with van der Waals surface area (Å²) in [6.45, 7) is 7.17.